The molecule has 0 atom stereocenters. The van der Waals surface area contributed by atoms with Crippen LogP contribution >= 0.6 is 0 Å². The molecule has 2 amide bonds. The molecule has 0 radical (unpaired) electrons. The third-order valence-corrected chi connectivity index (χ3v) is 3.59. The molecule has 1 heterocycles. The lowest BCUT2D eigenvalue weighted by Crippen LogP contribution is -2.35. The summed E-state index contributed by atoms with van der Waals surface area (Å²) in [5.41, 5.74) is 0.381. The summed E-state index contributed by atoms with van der Waals surface area (Å²) in [5.74, 6) is -0.473. The highest BCUT2D eigenvalue weighted by Gasteiger charge is 2.21. The summed E-state index contributed by atoms with van der Waals surface area (Å²) in [6.45, 7) is 4.06. The largest absolute Gasteiger partial charge is 0.341 e. The van der Waals surface area contributed by atoms with Gasteiger partial charge in [-0.3, -0.25) is 9.59 Å². The van der Waals surface area contributed by atoms with E-state index in [-0.39, 0.29) is 17.6 Å². The van der Waals surface area contributed by atoms with E-state index in [0.29, 0.717) is 38.2 Å². The lowest BCUT2D eigenvalue weighted by atomic mass is 10.2. The zero-order valence-corrected chi connectivity index (χ0v) is 12.1. The molecule has 0 aromatic heterocycles. The fourth-order valence-electron chi connectivity index (χ4n) is 2.30. The molecule has 0 aliphatic carbocycles. The zero-order chi connectivity index (χ0) is 15.2. The summed E-state index contributed by atoms with van der Waals surface area (Å²) in [6, 6.07) is 6.29. The maximum atomic E-state index is 13.5. The summed E-state index contributed by atoms with van der Waals surface area (Å²) in [7, 11) is 0. The van der Waals surface area contributed by atoms with Gasteiger partial charge in [-0.2, -0.15) is 0 Å². The average molecular weight is 290 g/mol. The van der Waals surface area contributed by atoms with Gasteiger partial charge in [0.1, 0.15) is 5.82 Å². The molecule has 0 spiro atoms. The standard InChI is InChI=1S/C16H19FN2O2/c1-2-18-11-12-19(10-9-16(18)21)15(20)8-7-13-5-3-4-6-14(13)17/h3-8H,2,9-12H2,1H3. The van der Waals surface area contributed by atoms with Crippen LogP contribution in [-0.4, -0.2) is 47.8 Å². The molecular weight excluding hydrogens is 271 g/mol. The van der Waals surface area contributed by atoms with Crippen LogP contribution in [0.1, 0.15) is 18.9 Å². The molecule has 0 N–H and O–H groups in total. The Hall–Kier alpha value is -2.17. The van der Waals surface area contributed by atoms with Crippen molar-refractivity contribution in [2.75, 3.05) is 26.2 Å². The molecule has 21 heavy (non-hydrogen) atoms. The molecule has 4 nitrogen and oxygen atoms in total. The molecule has 0 bridgehead atoms. The van der Waals surface area contributed by atoms with Gasteiger partial charge >= 0.3 is 0 Å². The number of halogens is 1. The molecule has 1 aliphatic heterocycles. The van der Waals surface area contributed by atoms with E-state index in [1.54, 1.807) is 28.0 Å². The van der Waals surface area contributed by atoms with Gasteiger partial charge in [0.2, 0.25) is 11.8 Å². The Morgan fingerprint density at radius 2 is 2.05 bits per heavy atom. The number of likely N-dealkylation sites (N-methyl/N-ethyl adjacent to an activating group) is 1. The molecule has 1 aromatic rings. The molecule has 5 heteroatoms. The van der Waals surface area contributed by atoms with Gasteiger partial charge in [0, 0.05) is 44.2 Å². The Labute approximate surface area is 123 Å². The highest BCUT2D eigenvalue weighted by molar-refractivity contribution is 5.92. The lowest BCUT2D eigenvalue weighted by Gasteiger charge is -2.20. The van der Waals surface area contributed by atoms with Crippen LogP contribution in [0.2, 0.25) is 0 Å². The van der Waals surface area contributed by atoms with E-state index in [9.17, 15) is 14.0 Å². The van der Waals surface area contributed by atoms with Crippen molar-refractivity contribution in [3.8, 4) is 0 Å². The molecule has 0 saturated carbocycles. The van der Waals surface area contributed by atoms with Crippen molar-refractivity contribution in [1.29, 1.82) is 0 Å². The summed E-state index contributed by atoms with van der Waals surface area (Å²) in [4.78, 5) is 27.3. The minimum Gasteiger partial charge on any atom is -0.341 e. The highest BCUT2D eigenvalue weighted by atomic mass is 19.1. The maximum Gasteiger partial charge on any atom is 0.246 e. The SMILES string of the molecule is CCN1CCN(C(=O)C=Cc2ccccc2F)CCC1=O. The molecule has 0 unspecified atom stereocenters. The van der Waals surface area contributed by atoms with Gasteiger partial charge in [0.25, 0.3) is 0 Å². The summed E-state index contributed by atoms with van der Waals surface area (Å²) in [5, 5.41) is 0. The van der Waals surface area contributed by atoms with Crippen LogP contribution in [0, 0.1) is 5.82 Å². The van der Waals surface area contributed by atoms with Crippen LogP contribution < -0.4 is 0 Å². The van der Waals surface area contributed by atoms with Crippen LogP contribution in [0.25, 0.3) is 6.08 Å². The number of hydrogen-bond acceptors (Lipinski definition) is 2. The number of amides is 2. The molecule has 1 saturated heterocycles. The van der Waals surface area contributed by atoms with Crippen molar-refractivity contribution < 1.29 is 14.0 Å². The minimum atomic E-state index is -0.357. The number of hydrogen-bond donors (Lipinski definition) is 0. The van der Waals surface area contributed by atoms with Gasteiger partial charge in [0.15, 0.2) is 0 Å². The van der Waals surface area contributed by atoms with Crippen LogP contribution in [0.5, 0.6) is 0 Å². The van der Waals surface area contributed by atoms with Gasteiger partial charge in [-0.25, -0.2) is 4.39 Å². The van der Waals surface area contributed by atoms with Crippen molar-refractivity contribution >= 4 is 17.9 Å². The normalized spacial score (nSPS) is 16.4. The smallest absolute Gasteiger partial charge is 0.246 e. The Balaban J connectivity index is 2.00. The summed E-state index contributed by atoms with van der Waals surface area (Å²) < 4.78 is 13.5. The number of nitrogens with zero attached hydrogens (tertiary/aromatic N) is 2. The molecule has 2 rings (SSSR count). The second-order valence-corrected chi connectivity index (χ2v) is 4.90. The summed E-state index contributed by atoms with van der Waals surface area (Å²) in [6.07, 6.45) is 3.18. The van der Waals surface area contributed by atoms with Gasteiger partial charge in [-0.15, -0.1) is 0 Å². The molecule has 1 aliphatic rings. The second-order valence-electron chi connectivity index (χ2n) is 4.90. The molecular formula is C16H19FN2O2. The number of rotatable bonds is 3. The van der Waals surface area contributed by atoms with E-state index in [4.69, 9.17) is 0 Å². The number of carbonyl (C=O) groups excluding carboxylic acids is 2. The Morgan fingerprint density at radius 3 is 2.76 bits per heavy atom. The third kappa shape index (κ3) is 3.90. The molecule has 1 aromatic carbocycles. The zero-order valence-electron chi connectivity index (χ0n) is 12.1. The Morgan fingerprint density at radius 1 is 1.29 bits per heavy atom. The van der Waals surface area contributed by atoms with E-state index < -0.39 is 0 Å². The van der Waals surface area contributed by atoms with E-state index in [1.165, 1.54) is 18.2 Å². The van der Waals surface area contributed by atoms with Crippen LogP contribution in [0.4, 0.5) is 4.39 Å². The van der Waals surface area contributed by atoms with E-state index >= 15 is 0 Å². The van der Waals surface area contributed by atoms with Crippen molar-refractivity contribution in [2.45, 2.75) is 13.3 Å². The van der Waals surface area contributed by atoms with Gasteiger partial charge in [-0.1, -0.05) is 18.2 Å². The predicted octanol–water partition coefficient (Wildman–Crippen LogP) is 1.92. The third-order valence-electron chi connectivity index (χ3n) is 3.59. The topological polar surface area (TPSA) is 40.6 Å². The predicted molar refractivity (Wildman–Crippen MR) is 78.9 cm³/mol. The lowest BCUT2D eigenvalue weighted by molar-refractivity contribution is -0.130. The molecule has 112 valence electrons. The monoisotopic (exact) mass is 290 g/mol. The first-order valence-electron chi connectivity index (χ1n) is 7.11. The van der Waals surface area contributed by atoms with E-state index in [1.807, 2.05) is 6.92 Å². The van der Waals surface area contributed by atoms with Gasteiger partial charge in [0.05, 0.1) is 0 Å². The Kier molecular flexibility index (Phi) is 5.09. The maximum absolute atomic E-state index is 13.5. The average Bonchev–Trinajstić information content (AvgIpc) is 2.68. The Bertz CT molecular complexity index is 557. The van der Waals surface area contributed by atoms with Crippen molar-refractivity contribution in [3.05, 3.63) is 41.7 Å². The minimum absolute atomic E-state index is 0.0749. The number of benzene rings is 1. The first kappa shape index (κ1) is 15.2. The van der Waals surface area contributed by atoms with Crippen molar-refractivity contribution in [1.82, 2.24) is 9.80 Å². The number of carbonyl (C=O) groups is 2. The first-order valence-corrected chi connectivity index (χ1v) is 7.11. The fourth-order valence-corrected chi connectivity index (χ4v) is 2.30. The fraction of sp³-hybridized carbons (Fsp3) is 0.375. The first-order chi connectivity index (χ1) is 10.1. The van der Waals surface area contributed by atoms with E-state index in [0.717, 1.165) is 0 Å². The quantitative estimate of drug-likeness (QED) is 0.798. The summed E-state index contributed by atoms with van der Waals surface area (Å²) >= 11 is 0. The van der Waals surface area contributed by atoms with Crippen LogP contribution in [0.15, 0.2) is 30.3 Å². The van der Waals surface area contributed by atoms with Gasteiger partial charge in [-0.05, 0) is 19.1 Å². The molecule has 1 fully saturated rings. The van der Waals surface area contributed by atoms with E-state index in [2.05, 4.69) is 0 Å². The van der Waals surface area contributed by atoms with Crippen molar-refractivity contribution in [3.63, 3.8) is 0 Å². The van der Waals surface area contributed by atoms with Crippen LogP contribution in [-0.2, 0) is 9.59 Å². The van der Waals surface area contributed by atoms with Gasteiger partial charge < -0.3 is 9.80 Å². The van der Waals surface area contributed by atoms with Crippen LogP contribution in [0.3, 0.4) is 0 Å². The second kappa shape index (κ2) is 7.02. The van der Waals surface area contributed by atoms with Crippen molar-refractivity contribution in [2.24, 2.45) is 0 Å². The highest BCUT2D eigenvalue weighted by Crippen LogP contribution is 2.10.